The molecule has 0 fully saturated rings. The van der Waals surface area contributed by atoms with Crippen LogP contribution in [0.3, 0.4) is 0 Å². The van der Waals surface area contributed by atoms with Gasteiger partial charge in [0, 0.05) is 13.1 Å². The standard InChI is InChI=1S/C16H20N2O/c1-3-18(16-7-5-4-6-15(16)17)12-13-8-10-14(19-2)11-9-13/h4-11H,3,12,17H2,1-2H3. The maximum atomic E-state index is 6.03. The van der Waals surface area contributed by atoms with Crippen LogP contribution in [0, 0.1) is 0 Å². The van der Waals surface area contributed by atoms with Crippen LogP contribution in [0.5, 0.6) is 5.75 Å². The van der Waals surface area contributed by atoms with Crippen molar-refractivity contribution in [3.63, 3.8) is 0 Å². The Morgan fingerprint density at radius 2 is 1.74 bits per heavy atom. The summed E-state index contributed by atoms with van der Waals surface area (Å²) in [6.07, 6.45) is 0. The quantitative estimate of drug-likeness (QED) is 0.834. The van der Waals surface area contributed by atoms with Gasteiger partial charge in [-0.3, -0.25) is 0 Å². The van der Waals surface area contributed by atoms with Gasteiger partial charge in [0.1, 0.15) is 5.75 Å². The Labute approximate surface area is 114 Å². The number of nitrogens with two attached hydrogens (primary N) is 1. The maximum absolute atomic E-state index is 6.03. The molecule has 0 aromatic heterocycles. The Balaban J connectivity index is 2.17. The van der Waals surface area contributed by atoms with E-state index in [1.165, 1.54) is 5.56 Å². The Hall–Kier alpha value is -2.16. The molecule has 0 radical (unpaired) electrons. The molecule has 3 heteroatoms. The Kier molecular flexibility index (Phi) is 4.29. The number of hydrogen-bond acceptors (Lipinski definition) is 3. The number of benzene rings is 2. The minimum absolute atomic E-state index is 0.817. The number of nitrogen functional groups attached to an aromatic ring is 1. The number of ether oxygens (including phenoxy) is 1. The predicted molar refractivity (Wildman–Crippen MR) is 80.6 cm³/mol. The lowest BCUT2D eigenvalue weighted by Gasteiger charge is -2.24. The summed E-state index contributed by atoms with van der Waals surface area (Å²) in [5.74, 6) is 0.881. The third kappa shape index (κ3) is 3.19. The van der Waals surface area contributed by atoms with E-state index in [9.17, 15) is 0 Å². The highest BCUT2D eigenvalue weighted by Crippen LogP contribution is 2.24. The highest BCUT2D eigenvalue weighted by atomic mass is 16.5. The lowest BCUT2D eigenvalue weighted by molar-refractivity contribution is 0.414. The second-order valence-corrected chi connectivity index (χ2v) is 4.42. The smallest absolute Gasteiger partial charge is 0.118 e. The number of hydrogen-bond donors (Lipinski definition) is 1. The fourth-order valence-electron chi connectivity index (χ4n) is 2.09. The van der Waals surface area contributed by atoms with Gasteiger partial charge in [-0.05, 0) is 36.8 Å². The molecule has 100 valence electrons. The summed E-state index contributed by atoms with van der Waals surface area (Å²) < 4.78 is 5.17. The summed E-state index contributed by atoms with van der Waals surface area (Å²) in [6.45, 7) is 3.89. The van der Waals surface area contributed by atoms with Crippen molar-refractivity contribution in [2.24, 2.45) is 0 Å². The summed E-state index contributed by atoms with van der Waals surface area (Å²) >= 11 is 0. The van der Waals surface area contributed by atoms with Crippen LogP contribution in [0.15, 0.2) is 48.5 Å². The average molecular weight is 256 g/mol. The maximum Gasteiger partial charge on any atom is 0.118 e. The molecule has 0 heterocycles. The zero-order valence-corrected chi connectivity index (χ0v) is 11.5. The van der Waals surface area contributed by atoms with E-state index in [0.717, 1.165) is 30.2 Å². The van der Waals surface area contributed by atoms with Crippen molar-refractivity contribution in [1.82, 2.24) is 0 Å². The van der Waals surface area contributed by atoms with Gasteiger partial charge in [0.2, 0.25) is 0 Å². The van der Waals surface area contributed by atoms with Gasteiger partial charge in [-0.2, -0.15) is 0 Å². The van der Waals surface area contributed by atoms with Gasteiger partial charge >= 0.3 is 0 Å². The second kappa shape index (κ2) is 6.14. The summed E-state index contributed by atoms with van der Waals surface area (Å²) in [7, 11) is 1.68. The van der Waals surface area contributed by atoms with Gasteiger partial charge < -0.3 is 15.4 Å². The topological polar surface area (TPSA) is 38.5 Å². The first kappa shape index (κ1) is 13.3. The van der Waals surface area contributed by atoms with Crippen LogP contribution in [0.4, 0.5) is 11.4 Å². The Morgan fingerprint density at radius 3 is 2.32 bits per heavy atom. The van der Waals surface area contributed by atoms with E-state index in [0.29, 0.717) is 0 Å². The van der Waals surface area contributed by atoms with Gasteiger partial charge in [0.15, 0.2) is 0 Å². The van der Waals surface area contributed by atoms with E-state index in [-0.39, 0.29) is 0 Å². The molecular formula is C16H20N2O. The third-order valence-electron chi connectivity index (χ3n) is 3.19. The fraction of sp³-hybridized carbons (Fsp3) is 0.250. The van der Waals surface area contributed by atoms with E-state index in [4.69, 9.17) is 10.5 Å². The SMILES string of the molecule is CCN(Cc1ccc(OC)cc1)c1ccccc1N. The molecule has 0 unspecified atom stereocenters. The second-order valence-electron chi connectivity index (χ2n) is 4.42. The molecule has 2 aromatic rings. The molecule has 0 spiro atoms. The average Bonchev–Trinajstić information content (AvgIpc) is 2.46. The van der Waals surface area contributed by atoms with Gasteiger partial charge in [-0.25, -0.2) is 0 Å². The van der Waals surface area contributed by atoms with Crippen LogP contribution >= 0.6 is 0 Å². The monoisotopic (exact) mass is 256 g/mol. The van der Waals surface area contributed by atoms with Gasteiger partial charge in [0.25, 0.3) is 0 Å². The van der Waals surface area contributed by atoms with E-state index in [1.54, 1.807) is 7.11 Å². The number of nitrogens with zero attached hydrogens (tertiary/aromatic N) is 1. The minimum Gasteiger partial charge on any atom is -0.497 e. The Bertz CT molecular complexity index is 523. The number of anilines is 2. The van der Waals surface area contributed by atoms with Crippen molar-refractivity contribution >= 4 is 11.4 Å². The van der Waals surface area contributed by atoms with Gasteiger partial charge in [0.05, 0.1) is 18.5 Å². The summed E-state index contributed by atoms with van der Waals surface area (Å²) in [5.41, 5.74) is 9.18. The first-order chi connectivity index (χ1) is 9.24. The molecule has 0 bridgehead atoms. The number of para-hydroxylation sites is 2. The lowest BCUT2D eigenvalue weighted by Crippen LogP contribution is -2.22. The van der Waals surface area contributed by atoms with Crippen LogP contribution < -0.4 is 15.4 Å². The summed E-state index contributed by atoms with van der Waals surface area (Å²) in [4.78, 5) is 2.26. The molecule has 2 aromatic carbocycles. The lowest BCUT2D eigenvalue weighted by atomic mass is 10.1. The molecule has 0 amide bonds. The zero-order valence-electron chi connectivity index (χ0n) is 11.5. The molecular weight excluding hydrogens is 236 g/mol. The van der Waals surface area contributed by atoms with Crippen molar-refractivity contribution < 1.29 is 4.74 Å². The molecule has 2 rings (SSSR count). The molecule has 2 N–H and O–H groups in total. The molecule has 0 aliphatic rings. The highest BCUT2D eigenvalue weighted by molar-refractivity contribution is 5.67. The van der Waals surface area contributed by atoms with Crippen molar-refractivity contribution in [1.29, 1.82) is 0 Å². The van der Waals surface area contributed by atoms with Crippen molar-refractivity contribution in [3.05, 3.63) is 54.1 Å². The largest absolute Gasteiger partial charge is 0.497 e. The van der Waals surface area contributed by atoms with E-state index >= 15 is 0 Å². The van der Waals surface area contributed by atoms with Crippen molar-refractivity contribution in [2.45, 2.75) is 13.5 Å². The van der Waals surface area contributed by atoms with Gasteiger partial charge in [-0.15, -0.1) is 0 Å². The molecule has 0 aliphatic heterocycles. The number of methoxy groups -OCH3 is 1. The van der Waals surface area contributed by atoms with Crippen LogP contribution in [0.25, 0.3) is 0 Å². The molecule has 0 saturated carbocycles. The predicted octanol–water partition coefficient (Wildman–Crippen LogP) is 3.30. The van der Waals surface area contributed by atoms with Crippen LogP contribution in [-0.2, 0) is 6.54 Å². The van der Waals surface area contributed by atoms with Gasteiger partial charge in [-0.1, -0.05) is 24.3 Å². The summed E-state index contributed by atoms with van der Waals surface area (Å²) in [5, 5.41) is 0. The van der Waals surface area contributed by atoms with Crippen molar-refractivity contribution in [2.75, 3.05) is 24.3 Å². The molecule has 0 saturated heterocycles. The fourth-order valence-corrected chi connectivity index (χ4v) is 2.09. The van der Waals surface area contributed by atoms with Crippen molar-refractivity contribution in [3.8, 4) is 5.75 Å². The van der Waals surface area contributed by atoms with Crippen LogP contribution in [-0.4, -0.2) is 13.7 Å². The normalized spacial score (nSPS) is 10.2. The first-order valence-corrected chi connectivity index (χ1v) is 6.47. The van der Waals surface area contributed by atoms with Crippen LogP contribution in [0.2, 0.25) is 0 Å². The third-order valence-corrected chi connectivity index (χ3v) is 3.19. The molecule has 0 atom stereocenters. The molecule has 0 aliphatic carbocycles. The summed E-state index contributed by atoms with van der Waals surface area (Å²) in [6, 6.07) is 16.1. The zero-order chi connectivity index (χ0) is 13.7. The first-order valence-electron chi connectivity index (χ1n) is 6.47. The van der Waals surface area contributed by atoms with E-state index in [2.05, 4.69) is 30.0 Å². The highest BCUT2D eigenvalue weighted by Gasteiger charge is 2.08. The molecule has 19 heavy (non-hydrogen) atoms. The Morgan fingerprint density at radius 1 is 1.05 bits per heavy atom. The minimum atomic E-state index is 0.817. The van der Waals surface area contributed by atoms with E-state index < -0.39 is 0 Å². The van der Waals surface area contributed by atoms with E-state index in [1.807, 2.05) is 30.3 Å². The number of rotatable bonds is 5. The van der Waals surface area contributed by atoms with Crippen LogP contribution in [0.1, 0.15) is 12.5 Å². The molecule has 3 nitrogen and oxygen atoms in total.